The molecule has 0 amide bonds. The molecule has 3 aromatic rings. The molecule has 6 heteroatoms. The van der Waals surface area contributed by atoms with Gasteiger partial charge in [0.25, 0.3) is 0 Å². The molecule has 1 aliphatic heterocycles. The van der Waals surface area contributed by atoms with Crippen LogP contribution in [0.5, 0.6) is 0 Å². The molecule has 30 heavy (non-hydrogen) atoms. The average molecular weight is 402 g/mol. The molecule has 1 fully saturated rings. The van der Waals surface area contributed by atoms with Gasteiger partial charge in [0.15, 0.2) is 0 Å². The molecule has 0 atom stereocenters. The van der Waals surface area contributed by atoms with Crippen LogP contribution in [0.15, 0.2) is 61.4 Å². The number of aliphatic hydroxyl groups excluding tert-OH is 1. The fourth-order valence-corrected chi connectivity index (χ4v) is 3.78. The van der Waals surface area contributed by atoms with Crippen molar-refractivity contribution in [1.82, 2.24) is 9.88 Å². The number of nitrogens with zero attached hydrogens (tertiary/aromatic N) is 1. The Hall–Kier alpha value is -3.35. The fraction of sp³-hybridized carbons (Fsp3) is 0.208. The summed E-state index contributed by atoms with van der Waals surface area (Å²) >= 11 is 0. The molecule has 0 bridgehead atoms. The predicted octanol–water partition coefficient (Wildman–Crippen LogP) is 4.08. The lowest BCUT2D eigenvalue weighted by molar-refractivity contribution is 0.0342. The van der Waals surface area contributed by atoms with Gasteiger partial charge < -0.3 is 20.6 Å². The first kappa shape index (κ1) is 19.9. The number of benzene rings is 2. The number of nitrogen functional groups attached to an aromatic ring is 1. The molecule has 154 valence electrons. The topological polar surface area (TPSA) is 98.4 Å². The lowest BCUT2D eigenvalue weighted by Gasteiger charge is -2.26. The molecule has 4 rings (SSSR count). The van der Waals surface area contributed by atoms with Gasteiger partial charge in [-0.3, -0.25) is 10.3 Å². The van der Waals surface area contributed by atoms with E-state index in [4.69, 9.17) is 15.9 Å². The largest absolute Gasteiger partial charge is 0.515 e. The second kappa shape index (κ2) is 8.57. The van der Waals surface area contributed by atoms with Crippen LogP contribution in [-0.2, 0) is 11.3 Å². The van der Waals surface area contributed by atoms with Crippen molar-refractivity contribution < 1.29 is 9.84 Å². The van der Waals surface area contributed by atoms with Crippen molar-refractivity contribution >= 4 is 27.9 Å². The number of nitrogens with one attached hydrogen (secondary N) is 2. The van der Waals surface area contributed by atoms with Crippen molar-refractivity contribution in [3.8, 4) is 0 Å². The highest BCUT2D eigenvalue weighted by Gasteiger charge is 2.15. The van der Waals surface area contributed by atoms with Gasteiger partial charge in [0.2, 0.25) is 0 Å². The van der Waals surface area contributed by atoms with Crippen LogP contribution in [-0.4, -0.2) is 47.0 Å². The molecule has 5 N–H and O–H groups in total. The highest BCUT2D eigenvalue weighted by Crippen LogP contribution is 2.25. The summed E-state index contributed by atoms with van der Waals surface area (Å²) in [5.41, 5.74) is 11.8. The number of nitrogens with two attached hydrogens (primary N) is 1. The number of allylic oxidation sites excluding steroid dienone is 2. The van der Waals surface area contributed by atoms with Gasteiger partial charge in [-0.1, -0.05) is 24.8 Å². The van der Waals surface area contributed by atoms with Gasteiger partial charge in [0, 0.05) is 47.4 Å². The van der Waals surface area contributed by atoms with E-state index in [1.54, 1.807) is 24.3 Å². The Labute approximate surface area is 175 Å². The third-order valence-corrected chi connectivity index (χ3v) is 5.48. The molecule has 2 heterocycles. The van der Waals surface area contributed by atoms with Gasteiger partial charge in [-0.05, 0) is 41.5 Å². The molecule has 1 saturated heterocycles. The van der Waals surface area contributed by atoms with Crippen molar-refractivity contribution in [3.63, 3.8) is 0 Å². The summed E-state index contributed by atoms with van der Waals surface area (Å²) in [5, 5.41) is 19.2. The second-order valence-corrected chi connectivity index (χ2v) is 7.46. The Morgan fingerprint density at radius 1 is 1.20 bits per heavy atom. The van der Waals surface area contributed by atoms with E-state index >= 15 is 0 Å². The summed E-state index contributed by atoms with van der Waals surface area (Å²) in [5.74, 6) is 0. The number of hydrogen-bond acceptors (Lipinski definition) is 5. The van der Waals surface area contributed by atoms with Crippen LogP contribution < -0.4 is 5.73 Å². The Morgan fingerprint density at radius 2 is 2.00 bits per heavy atom. The van der Waals surface area contributed by atoms with Crippen LogP contribution in [0.4, 0.5) is 5.69 Å². The van der Waals surface area contributed by atoms with Gasteiger partial charge in [-0.15, -0.1) is 0 Å². The zero-order valence-electron chi connectivity index (χ0n) is 16.8. The number of aliphatic hydroxyl groups is 1. The van der Waals surface area contributed by atoms with Crippen molar-refractivity contribution in [2.75, 3.05) is 32.0 Å². The van der Waals surface area contributed by atoms with Crippen molar-refractivity contribution in [3.05, 3.63) is 83.8 Å². The minimum absolute atomic E-state index is 0.307. The molecule has 0 unspecified atom stereocenters. The molecule has 0 spiro atoms. The third kappa shape index (κ3) is 4.01. The number of morpholine rings is 1. The van der Waals surface area contributed by atoms with E-state index in [1.807, 2.05) is 6.07 Å². The van der Waals surface area contributed by atoms with Gasteiger partial charge >= 0.3 is 0 Å². The van der Waals surface area contributed by atoms with Crippen LogP contribution in [0.1, 0.15) is 22.4 Å². The Morgan fingerprint density at radius 3 is 2.73 bits per heavy atom. The Bertz CT molecular complexity index is 1120. The van der Waals surface area contributed by atoms with Crippen LogP contribution in [0, 0.1) is 5.41 Å². The van der Waals surface area contributed by atoms with E-state index in [2.05, 4.69) is 34.7 Å². The number of aromatic amines is 1. The van der Waals surface area contributed by atoms with Crippen LogP contribution in [0.3, 0.4) is 0 Å². The van der Waals surface area contributed by atoms with Crippen molar-refractivity contribution in [2.24, 2.45) is 0 Å². The first-order valence-corrected chi connectivity index (χ1v) is 9.97. The summed E-state index contributed by atoms with van der Waals surface area (Å²) in [4.78, 5) is 5.72. The number of hydrogen-bond donors (Lipinski definition) is 4. The van der Waals surface area contributed by atoms with Crippen molar-refractivity contribution in [2.45, 2.75) is 6.54 Å². The van der Waals surface area contributed by atoms with E-state index in [9.17, 15) is 5.11 Å². The third-order valence-electron chi connectivity index (χ3n) is 5.48. The lowest BCUT2D eigenvalue weighted by Crippen LogP contribution is -2.35. The minimum Gasteiger partial charge on any atom is -0.515 e. The Balaban J connectivity index is 1.62. The summed E-state index contributed by atoms with van der Waals surface area (Å²) in [6.07, 6.45) is 2.57. The molecule has 1 aromatic heterocycles. The number of rotatable bonds is 6. The maximum Gasteiger partial charge on any atom is 0.0869 e. The summed E-state index contributed by atoms with van der Waals surface area (Å²) in [7, 11) is 0. The van der Waals surface area contributed by atoms with Gasteiger partial charge in [0.05, 0.1) is 30.9 Å². The Kier molecular flexibility index (Phi) is 5.70. The molecule has 0 aliphatic carbocycles. The highest BCUT2D eigenvalue weighted by atomic mass is 16.5. The molecular weight excluding hydrogens is 376 g/mol. The fourth-order valence-electron chi connectivity index (χ4n) is 3.78. The van der Waals surface area contributed by atoms with Gasteiger partial charge in [-0.2, -0.15) is 0 Å². The van der Waals surface area contributed by atoms with E-state index in [1.165, 1.54) is 5.56 Å². The summed E-state index contributed by atoms with van der Waals surface area (Å²) < 4.78 is 5.42. The normalized spacial score (nSPS) is 15.4. The number of anilines is 1. The first-order valence-electron chi connectivity index (χ1n) is 9.97. The van der Waals surface area contributed by atoms with Crippen LogP contribution >= 0.6 is 0 Å². The molecular formula is C24H26N4O2. The lowest BCUT2D eigenvalue weighted by atomic mass is 9.98. The van der Waals surface area contributed by atoms with E-state index in [-0.39, 0.29) is 0 Å². The van der Waals surface area contributed by atoms with E-state index < -0.39 is 0 Å². The average Bonchev–Trinajstić information content (AvgIpc) is 3.19. The maximum absolute atomic E-state index is 9.40. The zero-order chi connectivity index (χ0) is 21.1. The van der Waals surface area contributed by atoms with Crippen LogP contribution in [0.2, 0.25) is 0 Å². The van der Waals surface area contributed by atoms with Gasteiger partial charge in [0.1, 0.15) is 0 Å². The molecule has 6 nitrogen and oxygen atoms in total. The number of aromatic nitrogens is 1. The standard InChI is InChI=1S/C24H26N4O2/c1-2-17(15-29)18-4-5-21(25)20(12-18)24(26)23-13-19-11-16(3-6-22(19)27-23)14-28-7-9-30-10-8-28/h2-6,11-13,15,26-27,29H,1,7-10,14,25H2/b17-15+,26-24?. The van der Waals surface area contributed by atoms with E-state index in [0.717, 1.165) is 55.6 Å². The predicted molar refractivity (Wildman–Crippen MR) is 122 cm³/mol. The minimum atomic E-state index is 0.307. The first-order chi connectivity index (χ1) is 14.6. The van der Waals surface area contributed by atoms with Crippen molar-refractivity contribution in [1.29, 1.82) is 5.41 Å². The summed E-state index contributed by atoms with van der Waals surface area (Å²) in [6.45, 7) is 8.08. The maximum atomic E-state index is 9.40. The molecule has 0 radical (unpaired) electrons. The van der Waals surface area contributed by atoms with Gasteiger partial charge in [-0.25, -0.2) is 0 Å². The molecule has 2 aromatic carbocycles. The second-order valence-electron chi connectivity index (χ2n) is 7.46. The highest BCUT2D eigenvalue weighted by molar-refractivity contribution is 6.15. The SMILES string of the molecule is C=C/C(=C\O)c1ccc(N)c(C(=N)c2cc3cc(CN4CCOCC4)ccc3[nH]2)c1. The quantitative estimate of drug-likeness (QED) is 0.216. The number of H-pyrrole nitrogens is 1. The smallest absolute Gasteiger partial charge is 0.0869 e. The number of fused-ring (bicyclic) bond motifs is 1. The molecule has 0 saturated carbocycles. The monoisotopic (exact) mass is 402 g/mol. The number of ether oxygens (including phenoxy) is 1. The summed E-state index contributed by atoms with van der Waals surface area (Å²) in [6, 6.07) is 13.7. The zero-order valence-corrected chi connectivity index (χ0v) is 16.8. The van der Waals surface area contributed by atoms with Crippen LogP contribution in [0.25, 0.3) is 16.5 Å². The van der Waals surface area contributed by atoms with E-state index in [0.29, 0.717) is 28.2 Å². The molecule has 1 aliphatic rings.